The lowest BCUT2D eigenvalue weighted by Gasteiger charge is -2.32. The van der Waals surface area contributed by atoms with Crippen LogP contribution in [0.15, 0.2) is 24.3 Å². The van der Waals surface area contributed by atoms with E-state index < -0.39 is 10.0 Å². The van der Waals surface area contributed by atoms with E-state index in [-0.39, 0.29) is 0 Å². The molecule has 1 saturated heterocycles. The number of para-hydroxylation sites is 1. The maximum absolute atomic E-state index is 11.4. The summed E-state index contributed by atoms with van der Waals surface area (Å²) in [5, 5.41) is 0. The maximum atomic E-state index is 11.4. The van der Waals surface area contributed by atoms with Gasteiger partial charge in [-0.05, 0) is 50.9 Å². The van der Waals surface area contributed by atoms with Crippen molar-refractivity contribution in [2.24, 2.45) is 0 Å². The van der Waals surface area contributed by atoms with Crippen LogP contribution in [0.2, 0.25) is 0 Å². The Kier molecular flexibility index (Phi) is 5.05. The van der Waals surface area contributed by atoms with Crippen molar-refractivity contribution in [1.82, 2.24) is 4.90 Å². The molecule has 1 N–H and O–H groups in total. The number of nitrogens with zero attached hydrogens (tertiary/aromatic N) is 1. The Labute approximate surface area is 122 Å². The monoisotopic (exact) mass is 296 g/mol. The van der Waals surface area contributed by atoms with Crippen LogP contribution < -0.4 is 4.72 Å². The normalized spacial score (nSPS) is 20.8. The largest absolute Gasteiger partial charge is 0.303 e. The van der Waals surface area contributed by atoms with Crippen LogP contribution >= 0.6 is 0 Å². The number of nitrogens with one attached hydrogen (secondary N) is 1. The van der Waals surface area contributed by atoms with Crippen molar-refractivity contribution in [3.8, 4) is 0 Å². The predicted octanol–water partition coefficient (Wildman–Crippen LogP) is 2.48. The third-order valence-electron chi connectivity index (χ3n) is 3.98. The molecule has 1 aromatic carbocycles. The zero-order valence-corrected chi connectivity index (χ0v) is 13.1. The van der Waals surface area contributed by atoms with Crippen molar-refractivity contribution in [2.45, 2.75) is 38.1 Å². The minimum absolute atomic E-state index is 0.620. The van der Waals surface area contributed by atoms with Crippen LogP contribution in [-0.2, 0) is 16.4 Å². The van der Waals surface area contributed by atoms with Gasteiger partial charge in [-0.15, -0.1) is 0 Å². The van der Waals surface area contributed by atoms with Gasteiger partial charge in [-0.2, -0.15) is 0 Å². The molecule has 20 heavy (non-hydrogen) atoms. The van der Waals surface area contributed by atoms with Crippen LogP contribution in [-0.4, -0.2) is 39.2 Å². The molecule has 0 aliphatic carbocycles. The minimum Gasteiger partial charge on any atom is -0.303 e. The van der Waals surface area contributed by atoms with Gasteiger partial charge in [-0.25, -0.2) is 8.42 Å². The van der Waals surface area contributed by atoms with E-state index in [2.05, 4.69) is 16.7 Å². The fourth-order valence-corrected chi connectivity index (χ4v) is 3.47. The van der Waals surface area contributed by atoms with E-state index in [4.69, 9.17) is 0 Å². The molecule has 0 bridgehead atoms. The topological polar surface area (TPSA) is 49.4 Å². The molecule has 0 amide bonds. The van der Waals surface area contributed by atoms with E-state index in [1.807, 2.05) is 24.3 Å². The molecule has 1 aliphatic rings. The second kappa shape index (κ2) is 6.59. The molecule has 0 aromatic heterocycles. The highest BCUT2D eigenvalue weighted by atomic mass is 32.2. The first-order chi connectivity index (χ1) is 9.46. The van der Waals surface area contributed by atoms with Crippen molar-refractivity contribution < 1.29 is 8.42 Å². The molecule has 2 rings (SSSR count). The molecule has 5 heteroatoms. The SMILES string of the molecule is CN1CCCC[C@H]1CCc1ccccc1NS(C)(=O)=O. The lowest BCUT2D eigenvalue weighted by atomic mass is 9.96. The van der Waals surface area contributed by atoms with Gasteiger partial charge < -0.3 is 4.90 Å². The first-order valence-corrected chi connectivity index (χ1v) is 9.11. The molecule has 1 aliphatic heterocycles. The van der Waals surface area contributed by atoms with Crippen LogP contribution in [0, 0.1) is 0 Å². The van der Waals surface area contributed by atoms with Crippen molar-refractivity contribution in [3.63, 3.8) is 0 Å². The van der Waals surface area contributed by atoms with Gasteiger partial charge in [0, 0.05) is 6.04 Å². The van der Waals surface area contributed by atoms with Crippen molar-refractivity contribution in [1.29, 1.82) is 0 Å². The lowest BCUT2D eigenvalue weighted by molar-refractivity contribution is 0.176. The van der Waals surface area contributed by atoms with Crippen LogP contribution in [0.4, 0.5) is 5.69 Å². The van der Waals surface area contributed by atoms with E-state index in [0.717, 1.165) is 18.4 Å². The third kappa shape index (κ3) is 4.49. The Morgan fingerprint density at radius 1 is 1.30 bits per heavy atom. The Morgan fingerprint density at radius 3 is 2.75 bits per heavy atom. The number of benzene rings is 1. The number of aryl methyl sites for hydroxylation is 1. The Balaban J connectivity index is 2.02. The highest BCUT2D eigenvalue weighted by molar-refractivity contribution is 7.92. The Morgan fingerprint density at radius 2 is 2.05 bits per heavy atom. The quantitative estimate of drug-likeness (QED) is 0.908. The summed E-state index contributed by atoms with van der Waals surface area (Å²) in [7, 11) is -1.03. The second-order valence-corrected chi connectivity index (χ2v) is 7.45. The molecule has 1 atom stereocenters. The van der Waals surface area contributed by atoms with Gasteiger partial charge in [0.2, 0.25) is 10.0 Å². The number of sulfonamides is 1. The van der Waals surface area contributed by atoms with E-state index >= 15 is 0 Å². The van der Waals surface area contributed by atoms with E-state index in [1.54, 1.807) is 0 Å². The molecule has 0 unspecified atom stereocenters. The Bertz CT molecular complexity index is 543. The summed E-state index contributed by atoms with van der Waals surface area (Å²) in [6.45, 7) is 1.17. The standard InChI is InChI=1S/C15H24N2O2S/c1-17-12-6-5-8-14(17)11-10-13-7-3-4-9-15(13)16-20(2,18)19/h3-4,7,9,14,16H,5-6,8,10-12H2,1-2H3/t14-/m0/s1. The van der Waals surface area contributed by atoms with Gasteiger partial charge in [0.25, 0.3) is 0 Å². The first-order valence-electron chi connectivity index (χ1n) is 7.21. The summed E-state index contributed by atoms with van der Waals surface area (Å²) in [4.78, 5) is 2.43. The zero-order chi connectivity index (χ0) is 14.6. The third-order valence-corrected chi connectivity index (χ3v) is 4.57. The summed E-state index contributed by atoms with van der Waals surface area (Å²) < 4.78 is 25.4. The lowest BCUT2D eigenvalue weighted by Crippen LogP contribution is -2.36. The molecule has 1 fully saturated rings. The summed E-state index contributed by atoms with van der Waals surface area (Å²) in [5.41, 5.74) is 1.80. The first kappa shape index (κ1) is 15.3. The van der Waals surface area contributed by atoms with Crippen molar-refractivity contribution in [2.75, 3.05) is 24.6 Å². The summed E-state index contributed by atoms with van der Waals surface area (Å²) in [6, 6.07) is 8.30. The molecule has 0 radical (unpaired) electrons. The number of hydrogen-bond acceptors (Lipinski definition) is 3. The fraction of sp³-hybridized carbons (Fsp3) is 0.600. The molecule has 0 saturated carbocycles. The highest BCUT2D eigenvalue weighted by Gasteiger charge is 2.19. The number of piperidine rings is 1. The van der Waals surface area contributed by atoms with E-state index in [1.165, 1.54) is 32.1 Å². The van der Waals surface area contributed by atoms with Gasteiger partial charge in [0.15, 0.2) is 0 Å². The van der Waals surface area contributed by atoms with Crippen LogP contribution in [0.1, 0.15) is 31.2 Å². The average Bonchev–Trinajstić information content (AvgIpc) is 2.37. The second-order valence-electron chi connectivity index (χ2n) is 5.70. The summed E-state index contributed by atoms with van der Waals surface area (Å²) in [5.74, 6) is 0. The van der Waals surface area contributed by atoms with Gasteiger partial charge in [-0.3, -0.25) is 4.72 Å². The van der Waals surface area contributed by atoms with E-state index in [9.17, 15) is 8.42 Å². The number of likely N-dealkylation sites (tertiary alicyclic amines) is 1. The fourth-order valence-electron chi connectivity index (χ4n) is 2.87. The molecule has 4 nitrogen and oxygen atoms in total. The van der Waals surface area contributed by atoms with Crippen LogP contribution in [0.5, 0.6) is 0 Å². The molecule has 0 spiro atoms. The maximum Gasteiger partial charge on any atom is 0.229 e. The zero-order valence-electron chi connectivity index (χ0n) is 12.3. The van der Waals surface area contributed by atoms with Crippen LogP contribution in [0.25, 0.3) is 0 Å². The predicted molar refractivity (Wildman–Crippen MR) is 83.5 cm³/mol. The molecule has 1 heterocycles. The Hall–Kier alpha value is -1.07. The van der Waals surface area contributed by atoms with E-state index in [0.29, 0.717) is 11.7 Å². The van der Waals surface area contributed by atoms with Gasteiger partial charge >= 0.3 is 0 Å². The average molecular weight is 296 g/mol. The minimum atomic E-state index is -3.21. The van der Waals surface area contributed by atoms with Gasteiger partial charge in [0.05, 0.1) is 11.9 Å². The van der Waals surface area contributed by atoms with Gasteiger partial charge in [-0.1, -0.05) is 24.6 Å². The number of hydrogen-bond donors (Lipinski definition) is 1. The molecule has 1 aromatic rings. The highest BCUT2D eigenvalue weighted by Crippen LogP contribution is 2.23. The van der Waals surface area contributed by atoms with Crippen LogP contribution in [0.3, 0.4) is 0 Å². The molecule has 112 valence electrons. The molecular formula is C15H24N2O2S. The summed E-state index contributed by atoms with van der Waals surface area (Å²) >= 11 is 0. The summed E-state index contributed by atoms with van der Waals surface area (Å²) in [6.07, 6.45) is 7.03. The van der Waals surface area contributed by atoms with Crippen molar-refractivity contribution in [3.05, 3.63) is 29.8 Å². The van der Waals surface area contributed by atoms with Gasteiger partial charge in [0.1, 0.15) is 0 Å². The number of rotatable bonds is 5. The molecular weight excluding hydrogens is 272 g/mol. The smallest absolute Gasteiger partial charge is 0.229 e. The number of anilines is 1. The van der Waals surface area contributed by atoms with Crippen molar-refractivity contribution >= 4 is 15.7 Å².